The first kappa shape index (κ1) is 16.8. The molecule has 1 heterocycles. The molecule has 0 radical (unpaired) electrons. The predicted octanol–water partition coefficient (Wildman–Crippen LogP) is 3.57. The molecular weight excluding hydrogens is 370 g/mol. The maximum absolute atomic E-state index is 9.13. The highest BCUT2D eigenvalue weighted by Crippen LogP contribution is 2.30. The van der Waals surface area contributed by atoms with Gasteiger partial charge in [0.15, 0.2) is 0 Å². The molecule has 0 spiro atoms. The van der Waals surface area contributed by atoms with Crippen molar-refractivity contribution in [2.45, 2.75) is 38.1 Å². The van der Waals surface area contributed by atoms with Crippen molar-refractivity contribution in [3.05, 3.63) is 52.8 Å². The van der Waals surface area contributed by atoms with Gasteiger partial charge in [-0.25, -0.2) is 4.98 Å². The van der Waals surface area contributed by atoms with Crippen LogP contribution in [0.4, 0.5) is 0 Å². The molecule has 3 rings (SSSR count). The second kappa shape index (κ2) is 7.69. The van der Waals surface area contributed by atoms with E-state index in [1.165, 1.54) is 0 Å². The molecule has 1 aromatic heterocycles. The smallest absolute Gasteiger partial charge is 0.138 e. The molecule has 5 heteroatoms. The van der Waals surface area contributed by atoms with Crippen LogP contribution in [0.15, 0.2) is 47.1 Å². The molecule has 1 saturated carbocycles. The Hall–Kier alpha value is -2.03. The summed E-state index contributed by atoms with van der Waals surface area (Å²) < 4.78 is 12.8. The number of aliphatic hydroxyl groups excluding tert-OH is 1. The van der Waals surface area contributed by atoms with Crippen LogP contribution < -0.4 is 9.47 Å². The zero-order valence-corrected chi connectivity index (χ0v) is 14.9. The van der Waals surface area contributed by atoms with Gasteiger partial charge in [-0.1, -0.05) is 21.9 Å². The number of benzene rings is 1. The molecular formula is C19H18BrNO3. The fraction of sp³-hybridized carbons (Fsp3) is 0.316. The van der Waals surface area contributed by atoms with Gasteiger partial charge < -0.3 is 14.6 Å². The SMILES string of the molecule is CC(O)C#Cc1ccc(OC2CC(Oc3ccc(Br)cc3)C2)cn1. The Morgan fingerprint density at radius 3 is 2.29 bits per heavy atom. The quantitative estimate of drug-likeness (QED) is 0.814. The van der Waals surface area contributed by atoms with E-state index in [1.54, 1.807) is 19.2 Å². The normalized spacial score (nSPS) is 20.3. The lowest BCUT2D eigenvalue weighted by atomic mass is 9.92. The molecule has 1 atom stereocenters. The minimum Gasteiger partial charge on any atom is -0.490 e. The summed E-state index contributed by atoms with van der Waals surface area (Å²) >= 11 is 3.41. The zero-order valence-electron chi connectivity index (χ0n) is 13.3. The number of nitrogens with zero attached hydrogens (tertiary/aromatic N) is 1. The number of rotatable bonds is 4. The number of ether oxygens (including phenoxy) is 2. The Morgan fingerprint density at radius 1 is 1.08 bits per heavy atom. The van der Waals surface area contributed by atoms with Crippen molar-refractivity contribution in [3.63, 3.8) is 0 Å². The average Bonchev–Trinajstić information content (AvgIpc) is 2.54. The van der Waals surface area contributed by atoms with Crippen LogP contribution >= 0.6 is 15.9 Å². The number of aliphatic hydroxyl groups is 1. The molecule has 1 aliphatic rings. The van der Waals surface area contributed by atoms with Crippen molar-refractivity contribution < 1.29 is 14.6 Å². The fourth-order valence-electron chi connectivity index (χ4n) is 2.31. The van der Waals surface area contributed by atoms with E-state index in [1.807, 2.05) is 30.3 Å². The van der Waals surface area contributed by atoms with Crippen LogP contribution in [-0.4, -0.2) is 28.4 Å². The predicted molar refractivity (Wildman–Crippen MR) is 95.0 cm³/mol. The van der Waals surface area contributed by atoms with Gasteiger partial charge in [0.1, 0.15) is 35.5 Å². The Labute approximate surface area is 150 Å². The van der Waals surface area contributed by atoms with Gasteiger partial charge >= 0.3 is 0 Å². The van der Waals surface area contributed by atoms with E-state index < -0.39 is 6.10 Å². The van der Waals surface area contributed by atoms with Crippen molar-refractivity contribution in [1.82, 2.24) is 4.98 Å². The van der Waals surface area contributed by atoms with Gasteiger partial charge in [-0.05, 0) is 49.2 Å². The van der Waals surface area contributed by atoms with Gasteiger partial charge in [-0.2, -0.15) is 0 Å². The highest BCUT2D eigenvalue weighted by molar-refractivity contribution is 9.10. The van der Waals surface area contributed by atoms with E-state index in [9.17, 15) is 0 Å². The number of pyridine rings is 1. The number of hydrogen-bond donors (Lipinski definition) is 1. The monoisotopic (exact) mass is 387 g/mol. The van der Waals surface area contributed by atoms with E-state index in [-0.39, 0.29) is 12.2 Å². The minimum atomic E-state index is -0.652. The summed E-state index contributed by atoms with van der Waals surface area (Å²) in [6.07, 6.45) is 3.08. The van der Waals surface area contributed by atoms with Crippen LogP contribution in [-0.2, 0) is 0 Å². The lowest BCUT2D eigenvalue weighted by molar-refractivity contribution is 0.00437. The lowest BCUT2D eigenvalue weighted by Gasteiger charge is -2.35. The van der Waals surface area contributed by atoms with Gasteiger partial charge in [-0.3, -0.25) is 0 Å². The van der Waals surface area contributed by atoms with Gasteiger partial charge in [0.25, 0.3) is 0 Å². The number of hydrogen-bond acceptors (Lipinski definition) is 4. The van der Waals surface area contributed by atoms with E-state index in [0.717, 1.165) is 28.8 Å². The first-order valence-electron chi connectivity index (χ1n) is 7.83. The van der Waals surface area contributed by atoms with Gasteiger partial charge in [0.05, 0.1) is 6.20 Å². The second-order valence-corrected chi connectivity index (χ2v) is 6.65. The Kier molecular flexibility index (Phi) is 5.39. The summed E-state index contributed by atoms with van der Waals surface area (Å²) in [6.45, 7) is 1.62. The topological polar surface area (TPSA) is 51.6 Å². The van der Waals surface area contributed by atoms with E-state index in [0.29, 0.717) is 5.69 Å². The van der Waals surface area contributed by atoms with Crippen molar-refractivity contribution >= 4 is 15.9 Å². The molecule has 0 aliphatic heterocycles. The fourth-order valence-corrected chi connectivity index (χ4v) is 2.57. The highest BCUT2D eigenvalue weighted by Gasteiger charge is 2.32. The molecule has 1 fully saturated rings. The zero-order chi connectivity index (χ0) is 16.9. The first-order valence-corrected chi connectivity index (χ1v) is 8.62. The summed E-state index contributed by atoms with van der Waals surface area (Å²) in [4.78, 5) is 4.21. The largest absolute Gasteiger partial charge is 0.490 e. The Balaban J connectivity index is 1.45. The summed E-state index contributed by atoms with van der Waals surface area (Å²) in [7, 11) is 0. The number of halogens is 1. The summed E-state index contributed by atoms with van der Waals surface area (Å²) in [5.41, 5.74) is 0.619. The third-order valence-electron chi connectivity index (χ3n) is 3.62. The molecule has 0 saturated heterocycles. The van der Waals surface area contributed by atoms with Crippen LogP contribution in [0.1, 0.15) is 25.5 Å². The molecule has 24 heavy (non-hydrogen) atoms. The molecule has 2 aromatic rings. The van der Waals surface area contributed by atoms with Gasteiger partial charge in [0.2, 0.25) is 0 Å². The van der Waals surface area contributed by atoms with Crippen LogP contribution in [0.5, 0.6) is 11.5 Å². The van der Waals surface area contributed by atoms with Crippen LogP contribution in [0.2, 0.25) is 0 Å². The third-order valence-corrected chi connectivity index (χ3v) is 4.14. The van der Waals surface area contributed by atoms with E-state index in [2.05, 4.69) is 32.8 Å². The standard InChI is InChI=1S/C19H18BrNO3/c1-13(22)2-5-15-6-9-17(12-21-15)24-19-10-18(11-19)23-16-7-3-14(20)4-8-16/h3-4,6-9,12-13,18-19,22H,10-11H2,1H3. The molecule has 1 aliphatic carbocycles. The molecule has 1 aromatic carbocycles. The third kappa shape index (κ3) is 4.73. The van der Waals surface area contributed by atoms with Crippen molar-refractivity contribution in [3.8, 4) is 23.3 Å². The summed E-state index contributed by atoms with van der Waals surface area (Å²) in [5.74, 6) is 7.07. The summed E-state index contributed by atoms with van der Waals surface area (Å²) in [5, 5.41) is 9.13. The van der Waals surface area contributed by atoms with E-state index in [4.69, 9.17) is 14.6 Å². The molecule has 4 nitrogen and oxygen atoms in total. The Morgan fingerprint density at radius 2 is 1.71 bits per heavy atom. The Bertz CT molecular complexity index is 726. The summed E-state index contributed by atoms with van der Waals surface area (Å²) in [6, 6.07) is 11.5. The molecule has 1 N–H and O–H groups in total. The minimum absolute atomic E-state index is 0.154. The molecule has 1 unspecified atom stereocenters. The average molecular weight is 388 g/mol. The second-order valence-electron chi connectivity index (χ2n) is 5.73. The van der Waals surface area contributed by atoms with Crippen LogP contribution in [0.25, 0.3) is 0 Å². The van der Waals surface area contributed by atoms with Crippen molar-refractivity contribution in [2.24, 2.45) is 0 Å². The highest BCUT2D eigenvalue weighted by atomic mass is 79.9. The molecule has 124 valence electrons. The molecule has 0 bridgehead atoms. The first-order chi connectivity index (χ1) is 11.6. The van der Waals surface area contributed by atoms with Gasteiger partial charge in [0, 0.05) is 17.3 Å². The van der Waals surface area contributed by atoms with E-state index >= 15 is 0 Å². The van der Waals surface area contributed by atoms with Crippen LogP contribution in [0, 0.1) is 11.8 Å². The maximum atomic E-state index is 9.13. The lowest BCUT2D eigenvalue weighted by Crippen LogP contribution is -2.41. The maximum Gasteiger partial charge on any atom is 0.138 e. The van der Waals surface area contributed by atoms with Gasteiger partial charge in [-0.15, -0.1) is 0 Å². The van der Waals surface area contributed by atoms with Crippen molar-refractivity contribution in [2.75, 3.05) is 0 Å². The number of aromatic nitrogens is 1. The van der Waals surface area contributed by atoms with Crippen LogP contribution in [0.3, 0.4) is 0 Å². The van der Waals surface area contributed by atoms with Crippen molar-refractivity contribution in [1.29, 1.82) is 0 Å². The molecule has 0 amide bonds.